The molecule has 108 valence electrons. The van der Waals surface area contributed by atoms with Crippen molar-refractivity contribution in [3.63, 3.8) is 0 Å². The summed E-state index contributed by atoms with van der Waals surface area (Å²) in [6, 6.07) is 3.98. The van der Waals surface area contributed by atoms with E-state index in [1.807, 2.05) is 17.5 Å². The number of imidazole rings is 1. The molecule has 0 bridgehead atoms. The number of hydrogen-bond donors (Lipinski definition) is 1. The van der Waals surface area contributed by atoms with Crippen molar-refractivity contribution in [3.8, 4) is 10.6 Å². The number of carboxylic acid groups (broad SMARTS) is 1. The average molecular weight is 318 g/mol. The number of hydrogen-bond acceptors (Lipinski definition) is 4. The van der Waals surface area contributed by atoms with Crippen molar-refractivity contribution in [1.82, 2.24) is 9.38 Å². The molecule has 0 saturated heterocycles. The highest BCUT2D eigenvalue weighted by atomic mass is 32.1. The summed E-state index contributed by atoms with van der Waals surface area (Å²) in [7, 11) is 0. The van der Waals surface area contributed by atoms with Gasteiger partial charge in [-0.15, -0.1) is 22.7 Å². The van der Waals surface area contributed by atoms with E-state index in [0.717, 1.165) is 27.6 Å². The van der Waals surface area contributed by atoms with E-state index in [2.05, 4.69) is 18.2 Å². The number of nitrogens with zero attached hydrogens (tertiary/aromatic N) is 2. The maximum absolute atomic E-state index is 10.9. The van der Waals surface area contributed by atoms with Gasteiger partial charge in [0.15, 0.2) is 4.96 Å². The van der Waals surface area contributed by atoms with Crippen LogP contribution >= 0.6 is 22.7 Å². The van der Waals surface area contributed by atoms with Crippen molar-refractivity contribution in [3.05, 3.63) is 39.9 Å². The molecule has 0 saturated carbocycles. The topological polar surface area (TPSA) is 54.6 Å². The van der Waals surface area contributed by atoms with Gasteiger partial charge in [0.1, 0.15) is 5.69 Å². The summed E-state index contributed by atoms with van der Waals surface area (Å²) in [6.07, 6.45) is 3.70. The molecule has 0 aliphatic carbocycles. The van der Waals surface area contributed by atoms with Gasteiger partial charge in [0, 0.05) is 16.6 Å². The van der Waals surface area contributed by atoms with Gasteiger partial charge in [-0.25, -0.2) is 9.78 Å². The second kappa shape index (κ2) is 5.46. The molecule has 0 fully saturated rings. The molecule has 0 amide bonds. The Kier molecular flexibility index (Phi) is 3.65. The van der Waals surface area contributed by atoms with Gasteiger partial charge in [-0.1, -0.05) is 13.0 Å². The van der Waals surface area contributed by atoms with E-state index in [1.54, 1.807) is 28.7 Å². The maximum atomic E-state index is 10.9. The largest absolute Gasteiger partial charge is 0.478 e. The van der Waals surface area contributed by atoms with Crippen LogP contribution in [0.3, 0.4) is 0 Å². The second-order valence-electron chi connectivity index (χ2n) is 4.57. The van der Waals surface area contributed by atoms with Crippen LogP contribution in [0.25, 0.3) is 21.6 Å². The van der Waals surface area contributed by atoms with Crippen molar-refractivity contribution in [2.45, 2.75) is 20.3 Å². The predicted molar refractivity (Wildman–Crippen MR) is 87.2 cm³/mol. The highest BCUT2D eigenvalue weighted by molar-refractivity contribution is 7.17. The van der Waals surface area contributed by atoms with Crippen LogP contribution < -0.4 is 0 Å². The summed E-state index contributed by atoms with van der Waals surface area (Å²) >= 11 is 3.25. The molecule has 0 aliphatic rings. The SMILES string of the molecule is CCc1c(C)sc2nc(-c3cccs3)c(/C=C/C(=O)O)n12. The van der Waals surface area contributed by atoms with E-state index in [0.29, 0.717) is 0 Å². The van der Waals surface area contributed by atoms with Gasteiger partial charge in [0.25, 0.3) is 0 Å². The summed E-state index contributed by atoms with van der Waals surface area (Å²) in [6.45, 7) is 4.18. The van der Waals surface area contributed by atoms with Crippen molar-refractivity contribution < 1.29 is 9.90 Å². The Labute approximate surface area is 130 Å². The van der Waals surface area contributed by atoms with Gasteiger partial charge in [-0.05, 0) is 30.9 Å². The molecular weight excluding hydrogens is 304 g/mol. The Bertz CT molecular complexity index is 826. The lowest BCUT2D eigenvalue weighted by molar-refractivity contribution is -0.131. The number of aromatic nitrogens is 2. The van der Waals surface area contributed by atoms with Crippen molar-refractivity contribution in [1.29, 1.82) is 0 Å². The Morgan fingerprint density at radius 3 is 2.95 bits per heavy atom. The lowest BCUT2D eigenvalue weighted by Crippen LogP contribution is -1.95. The van der Waals surface area contributed by atoms with Crippen molar-refractivity contribution in [2.75, 3.05) is 0 Å². The number of rotatable bonds is 4. The third kappa shape index (κ3) is 2.41. The molecule has 0 atom stereocenters. The monoisotopic (exact) mass is 318 g/mol. The van der Waals surface area contributed by atoms with Crippen LogP contribution in [-0.2, 0) is 11.2 Å². The summed E-state index contributed by atoms with van der Waals surface area (Å²) < 4.78 is 2.08. The van der Waals surface area contributed by atoms with Crippen molar-refractivity contribution in [2.24, 2.45) is 0 Å². The third-order valence-electron chi connectivity index (χ3n) is 3.28. The molecule has 0 aromatic carbocycles. The standard InChI is InChI=1S/C15H14N2O2S2/c1-3-10-9(2)21-15-16-14(12-5-4-8-20-12)11(17(10)15)6-7-13(18)19/h4-8H,3H2,1-2H3,(H,18,19)/b7-6+. The van der Waals surface area contributed by atoms with Crippen LogP contribution in [0.1, 0.15) is 23.2 Å². The smallest absolute Gasteiger partial charge is 0.328 e. The normalized spacial score (nSPS) is 11.7. The summed E-state index contributed by atoms with van der Waals surface area (Å²) in [4.78, 5) is 18.8. The van der Waals surface area contributed by atoms with Crippen LogP contribution in [0.2, 0.25) is 0 Å². The van der Waals surface area contributed by atoms with Crippen LogP contribution in [0.15, 0.2) is 23.6 Å². The lowest BCUT2D eigenvalue weighted by atomic mass is 10.2. The average Bonchev–Trinajstić information content (AvgIpc) is 3.10. The summed E-state index contributed by atoms with van der Waals surface area (Å²) in [5, 5.41) is 10.9. The number of aliphatic carboxylic acids is 1. The number of aryl methyl sites for hydroxylation is 2. The summed E-state index contributed by atoms with van der Waals surface area (Å²) in [5.74, 6) is -0.952. The zero-order valence-corrected chi connectivity index (χ0v) is 13.3. The first kappa shape index (κ1) is 14.0. The predicted octanol–water partition coefficient (Wildman–Crippen LogP) is 4.09. The molecule has 3 rings (SSSR count). The zero-order valence-electron chi connectivity index (χ0n) is 11.7. The number of carbonyl (C=O) groups is 1. The van der Waals surface area contributed by atoms with Gasteiger partial charge >= 0.3 is 5.97 Å². The van der Waals surface area contributed by atoms with Gasteiger partial charge < -0.3 is 5.11 Å². The minimum absolute atomic E-state index is 0.844. The second-order valence-corrected chi connectivity index (χ2v) is 6.70. The molecule has 0 unspecified atom stereocenters. The molecule has 6 heteroatoms. The molecule has 0 radical (unpaired) electrons. The first-order chi connectivity index (χ1) is 10.1. The van der Waals surface area contributed by atoms with E-state index in [9.17, 15) is 4.79 Å². The fourth-order valence-electron chi connectivity index (χ4n) is 2.40. The first-order valence-electron chi connectivity index (χ1n) is 6.57. The van der Waals surface area contributed by atoms with Crippen LogP contribution in [-0.4, -0.2) is 20.5 Å². The highest BCUT2D eigenvalue weighted by Gasteiger charge is 2.18. The van der Waals surface area contributed by atoms with Gasteiger partial charge in [-0.3, -0.25) is 4.40 Å². The molecule has 3 heterocycles. The molecule has 4 nitrogen and oxygen atoms in total. The van der Waals surface area contributed by atoms with E-state index in [1.165, 1.54) is 16.6 Å². The Balaban J connectivity index is 2.30. The molecule has 0 spiro atoms. The van der Waals surface area contributed by atoms with E-state index >= 15 is 0 Å². The Hall–Kier alpha value is -1.92. The minimum Gasteiger partial charge on any atom is -0.478 e. The fourth-order valence-corrected chi connectivity index (χ4v) is 4.19. The molecule has 3 aromatic heterocycles. The third-order valence-corrected chi connectivity index (χ3v) is 5.15. The minimum atomic E-state index is -0.952. The quantitative estimate of drug-likeness (QED) is 0.737. The van der Waals surface area contributed by atoms with Gasteiger partial charge in [-0.2, -0.15) is 0 Å². The molecule has 3 aromatic rings. The molecular formula is C15H14N2O2S2. The van der Waals surface area contributed by atoms with E-state index in [-0.39, 0.29) is 0 Å². The van der Waals surface area contributed by atoms with Crippen LogP contribution in [0, 0.1) is 6.92 Å². The van der Waals surface area contributed by atoms with Crippen LogP contribution in [0.5, 0.6) is 0 Å². The number of carboxylic acids is 1. The highest BCUT2D eigenvalue weighted by Crippen LogP contribution is 2.34. The molecule has 21 heavy (non-hydrogen) atoms. The van der Waals surface area contributed by atoms with E-state index in [4.69, 9.17) is 10.1 Å². The number of fused-ring (bicyclic) bond motifs is 1. The molecule has 1 N–H and O–H groups in total. The Morgan fingerprint density at radius 2 is 2.33 bits per heavy atom. The fraction of sp³-hybridized carbons (Fsp3) is 0.200. The van der Waals surface area contributed by atoms with Crippen LogP contribution in [0.4, 0.5) is 0 Å². The molecule has 0 aliphatic heterocycles. The zero-order chi connectivity index (χ0) is 15.0. The number of thiophene rings is 1. The van der Waals surface area contributed by atoms with Gasteiger partial charge in [0.2, 0.25) is 0 Å². The summed E-state index contributed by atoms with van der Waals surface area (Å²) in [5.41, 5.74) is 2.88. The van der Waals surface area contributed by atoms with Crippen molar-refractivity contribution >= 4 is 39.7 Å². The maximum Gasteiger partial charge on any atom is 0.328 e. The lowest BCUT2D eigenvalue weighted by Gasteiger charge is -2.01. The number of thiazole rings is 1. The Morgan fingerprint density at radius 1 is 1.52 bits per heavy atom. The van der Waals surface area contributed by atoms with Gasteiger partial charge in [0.05, 0.1) is 10.6 Å². The van der Waals surface area contributed by atoms with E-state index < -0.39 is 5.97 Å². The first-order valence-corrected chi connectivity index (χ1v) is 8.27.